The van der Waals surface area contributed by atoms with Gasteiger partial charge in [0, 0.05) is 5.69 Å². The van der Waals surface area contributed by atoms with Gasteiger partial charge in [0.15, 0.2) is 0 Å². The van der Waals surface area contributed by atoms with E-state index in [0.29, 0.717) is 5.69 Å². The molecule has 82 valence electrons. The second kappa shape index (κ2) is 4.01. The highest BCUT2D eigenvalue weighted by atomic mass is 19.1. The smallest absolute Gasteiger partial charge is 0.261 e. The van der Waals surface area contributed by atoms with Crippen LogP contribution in [0.1, 0.15) is 10.4 Å². The minimum atomic E-state index is -0.433. The zero-order valence-corrected chi connectivity index (χ0v) is 8.20. The molecular weight excluding hydrogens is 211 g/mol. The quantitative estimate of drug-likeness (QED) is 0.714. The van der Waals surface area contributed by atoms with Crippen LogP contribution in [0.5, 0.6) is 0 Å². The molecule has 16 heavy (non-hydrogen) atoms. The monoisotopic (exact) mass is 220 g/mol. The molecule has 2 rings (SSSR count). The maximum atomic E-state index is 12.8. The number of nitrogens with one attached hydrogen (secondary N) is 2. The van der Waals surface area contributed by atoms with Crippen LogP contribution in [0.15, 0.2) is 30.5 Å². The fraction of sp³-hybridized carbons (Fsp3) is 0. The highest BCUT2D eigenvalue weighted by Gasteiger charge is 2.11. The number of H-pyrrole nitrogens is 1. The van der Waals surface area contributed by atoms with Crippen molar-refractivity contribution in [2.24, 2.45) is 0 Å². The first-order valence-electron chi connectivity index (χ1n) is 4.52. The summed E-state index contributed by atoms with van der Waals surface area (Å²) in [7, 11) is 0. The summed E-state index contributed by atoms with van der Waals surface area (Å²) < 4.78 is 12.8. The third-order valence-electron chi connectivity index (χ3n) is 2.00. The van der Waals surface area contributed by atoms with Gasteiger partial charge in [-0.05, 0) is 18.2 Å². The molecule has 0 aliphatic carbocycles. The summed E-state index contributed by atoms with van der Waals surface area (Å²) in [5.74, 6) is -0.677. The van der Waals surface area contributed by atoms with Gasteiger partial charge in [-0.1, -0.05) is 6.07 Å². The average Bonchev–Trinajstić information content (AvgIpc) is 2.64. The summed E-state index contributed by atoms with van der Waals surface area (Å²) in [5, 5.41) is 8.56. The number of nitrogen functional groups attached to an aromatic ring is 1. The van der Waals surface area contributed by atoms with E-state index in [2.05, 4.69) is 15.5 Å². The van der Waals surface area contributed by atoms with Gasteiger partial charge >= 0.3 is 0 Å². The molecule has 1 amide bonds. The Hall–Kier alpha value is -2.37. The Labute approximate surface area is 90.5 Å². The van der Waals surface area contributed by atoms with E-state index < -0.39 is 11.7 Å². The molecule has 0 radical (unpaired) electrons. The van der Waals surface area contributed by atoms with Gasteiger partial charge in [-0.3, -0.25) is 9.89 Å². The molecule has 0 aliphatic rings. The van der Waals surface area contributed by atoms with Crippen molar-refractivity contribution in [2.45, 2.75) is 0 Å². The summed E-state index contributed by atoms with van der Waals surface area (Å²) in [4.78, 5) is 11.6. The number of nitrogens with two attached hydrogens (primary N) is 1. The summed E-state index contributed by atoms with van der Waals surface area (Å²) >= 11 is 0. The van der Waals surface area contributed by atoms with Gasteiger partial charge in [-0.25, -0.2) is 4.39 Å². The molecule has 5 nitrogen and oxygen atoms in total. The standard InChI is InChI=1S/C10H9FN4O/c11-6-2-1-3-7(4-6)14-10(16)8-5-13-15-9(8)12/h1-5H,(H,14,16)(H3,12,13,15). The SMILES string of the molecule is Nc1[nH]ncc1C(=O)Nc1cccc(F)c1. The van der Waals surface area contributed by atoms with Gasteiger partial charge in [-0.15, -0.1) is 0 Å². The second-order valence-corrected chi connectivity index (χ2v) is 3.16. The summed E-state index contributed by atoms with van der Waals surface area (Å²) in [6.45, 7) is 0. The first kappa shape index (κ1) is 10.2. The third-order valence-corrected chi connectivity index (χ3v) is 2.00. The highest BCUT2D eigenvalue weighted by Crippen LogP contribution is 2.13. The zero-order valence-electron chi connectivity index (χ0n) is 8.20. The molecule has 0 aliphatic heterocycles. The molecule has 0 fully saturated rings. The van der Waals surface area contributed by atoms with Crippen LogP contribution in [0.4, 0.5) is 15.9 Å². The fourth-order valence-electron chi connectivity index (χ4n) is 1.24. The second-order valence-electron chi connectivity index (χ2n) is 3.16. The predicted octanol–water partition coefficient (Wildman–Crippen LogP) is 1.38. The van der Waals surface area contributed by atoms with Crippen LogP contribution in [0.3, 0.4) is 0 Å². The van der Waals surface area contributed by atoms with Crippen molar-refractivity contribution in [3.05, 3.63) is 41.8 Å². The van der Waals surface area contributed by atoms with E-state index in [0.717, 1.165) is 0 Å². The third kappa shape index (κ3) is 2.00. The van der Waals surface area contributed by atoms with Crippen molar-refractivity contribution >= 4 is 17.4 Å². The number of hydrogen-bond donors (Lipinski definition) is 3. The van der Waals surface area contributed by atoms with Gasteiger partial charge in [0.25, 0.3) is 5.91 Å². The highest BCUT2D eigenvalue weighted by molar-refractivity contribution is 6.06. The van der Waals surface area contributed by atoms with E-state index in [9.17, 15) is 9.18 Å². The van der Waals surface area contributed by atoms with E-state index in [-0.39, 0.29) is 11.4 Å². The minimum Gasteiger partial charge on any atom is -0.383 e. The molecule has 0 saturated heterocycles. The molecule has 1 heterocycles. The molecule has 0 spiro atoms. The van der Waals surface area contributed by atoms with Crippen molar-refractivity contribution in [1.29, 1.82) is 0 Å². The molecule has 1 aromatic carbocycles. The summed E-state index contributed by atoms with van der Waals surface area (Å²) in [5.41, 5.74) is 6.06. The summed E-state index contributed by atoms with van der Waals surface area (Å²) in [6, 6.07) is 5.59. The zero-order chi connectivity index (χ0) is 11.5. The first-order valence-corrected chi connectivity index (χ1v) is 4.52. The average molecular weight is 220 g/mol. The van der Waals surface area contributed by atoms with Crippen LogP contribution in [0, 0.1) is 5.82 Å². The van der Waals surface area contributed by atoms with Crippen molar-refractivity contribution in [3.8, 4) is 0 Å². The number of halogens is 1. The normalized spacial score (nSPS) is 10.1. The first-order chi connectivity index (χ1) is 7.66. The molecular formula is C10H9FN4O. The Morgan fingerprint density at radius 2 is 2.31 bits per heavy atom. The van der Waals surface area contributed by atoms with E-state index >= 15 is 0 Å². The number of rotatable bonds is 2. The van der Waals surface area contributed by atoms with Crippen LogP contribution in [-0.4, -0.2) is 16.1 Å². The number of nitrogens with zero attached hydrogens (tertiary/aromatic N) is 1. The van der Waals surface area contributed by atoms with Crippen LogP contribution < -0.4 is 11.1 Å². The van der Waals surface area contributed by atoms with Gasteiger partial charge < -0.3 is 11.1 Å². The largest absolute Gasteiger partial charge is 0.383 e. The van der Waals surface area contributed by atoms with Gasteiger partial charge in [0.2, 0.25) is 0 Å². The van der Waals surface area contributed by atoms with E-state index in [4.69, 9.17) is 5.73 Å². The number of aromatic nitrogens is 2. The summed E-state index contributed by atoms with van der Waals surface area (Å²) in [6.07, 6.45) is 1.31. The fourth-order valence-corrected chi connectivity index (χ4v) is 1.24. The number of anilines is 2. The lowest BCUT2D eigenvalue weighted by atomic mass is 10.2. The molecule has 6 heteroatoms. The maximum Gasteiger partial charge on any atom is 0.261 e. The number of amides is 1. The number of benzene rings is 1. The van der Waals surface area contributed by atoms with E-state index in [1.54, 1.807) is 6.07 Å². The molecule has 0 saturated carbocycles. The van der Waals surface area contributed by atoms with E-state index in [1.165, 1.54) is 24.4 Å². The van der Waals surface area contributed by atoms with E-state index in [1.807, 2.05) is 0 Å². The lowest BCUT2D eigenvalue weighted by Gasteiger charge is -2.03. The Morgan fingerprint density at radius 3 is 2.94 bits per heavy atom. The lowest BCUT2D eigenvalue weighted by molar-refractivity contribution is 0.102. The van der Waals surface area contributed by atoms with Gasteiger partial charge in [-0.2, -0.15) is 5.10 Å². The van der Waals surface area contributed by atoms with Crippen LogP contribution in [0.25, 0.3) is 0 Å². The van der Waals surface area contributed by atoms with Crippen molar-refractivity contribution in [1.82, 2.24) is 10.2 Å². The number of aromatic amines is 1. The Kier molecular flexibility index (Phi) is 2.55. The predicted molar refractivity (Wildman–Crippen MR) is 57.4 cm³/mol. The lowest BCUT2D eigenvalue weighted by Crippen LogP contribution is -2.12. The molecule has 0 unspecified atom stereocenters. The molecule has 4 N–H and O–H groups in total. The number of carbonyl (C=O) groups excluding carboxylic acids is 1. The Morgan fingerprint density at radius 1 is 1.50 bits per heavy atom. The topological polar surface area (TPSA) is 83.8 Å². The van der Waals surface area contributed by atoms with Crippen LogP contribution in [0.2, 0.25) is 0 Å². The van der Waals surface area contributed by atoms with Crippen molar-refractivity contribution < 1.29 is 9.18 Å². The minimum absolute atomic E-state index is 0.175. The molecule has 1 aromatic heterocycles. The Balaban J connectivity index is 2.17. The van der Waals surface area contributed by atoms with Gasteiger partial charge in [0.05, 0.1) is 6.20 Å². The molecule has 0 atom stereocenters. The number of hydrogen-bond acceptors (Lipinski definition) is 3. The maximum absolute atomic E-state index is 12.8. The van der Waals surface area contributed by atoms with Gasteiger partial charge in [0.1, 0.15) is 17.2 Å². The van der Waals surface area contributed by atoms with Crippen molar-refractivity contribution in [2.75, 3.05) is 11.1 Å². The molecule has 2 aromatic rings. The number of carbonyl (C=O) groups is 1. The van der Waals surface area contributed by atoms with Crippen LogP contribution in [-0.2, 0) is 0 Å². The molecule has 0 bridgehead atoms. The Bertz CT molecular complexity index is 523. The van der Waals surface area contributed by atoms with Crippen molar-refractivity contribution in [3.63, 3.8) is 0 Å². The van der Waals surface area contributed by atoms with Crippen LogP contribution >= 0.6 is 0 Å².